The lowest BCUT2D eigenvalue weighted by Gasteiger charge is -2.33. The number of sulfonamides is 1. The summed E-state index contributed by atoms with van der Waals surface area (Å²) in [4.78, 5) is 27.8. The van der Waals surface area contributed by atoms with E-state index in [2.05, 4.69) is 27.9 Å². The fourth-order valence-electron chi connectivity index (χ4n) is 3.17. The molecule has 2 aromatic rings. The third-order valence-corrected chi connectivity index (χ3v) is 6.79. The number of carbonyl (C=O) groups excluding carboxylic acids is 2. The second-order valence-electron chi connectivity index (χ2n) is 9.17. The molecule has 7 nitrogen and oxygen atoms in total. The molecule has 0 heterocycles. The zero-order chi connectivity index (χ0) is 25.0. The Labute approximate surface area is 210 Å². The summed E-state index contributed by atoms with van der Waals surface area (Å²) in [6, 6.07) is 13.8. The molecule has 0 aromatic heterocycles. The first kappa shape index (κ1) is 27.1. The van der Waals surface area contributed by atoms with Crippen LogP contribution >= 0.6 is 22.6 Å². The lowest BCUT2D eigenvalue weighted by Crippen LogP contribution is -2.54. The van der Waals surface area contributed by atoms with E-state index in [1.165, 1.54) is 4.90 Å². The van der Waals surface area contributed by atoms with Crippen molar-refractivity contribution in [3.63, 3.8) is 0 Å². The van der Waals surface area contributed by atoms with Crippen molar-refractivity contribution in [2.75, 3.05) is 17.1 Å². The molecule has 0 saturated heterocycles. The number of hydrogen-bond acceptors (Lipinski definition) is 4. The van der Waals surface area contributed by atoms with Gasteiger partial charge in [-0.3, -0.25) is 13.9 Å². The van der Waals surface area contributed by atoms with Crippen molar-refractivity contribution in [2.45, 2.75) is 52.7 Å². The van der Waals surface area contributed by atoms with Gasteiger partial charge in [-0.2, -0.15) is 0 Å². The summed E-state index contributed by atoms with van der Waals surface area (Å²) in [6.45, 7) is 9.00. The van der Waals surface area contributed by atoms with Crippen LogP contribution in [0, 0.1) is 10.5 Å². The highest BCUT2D eigenvalue weighted by Gasteiger charge is 2.31. The molecule has 2 amide bonds. The quantitative estimate of drug-likeness (QED) is 0.479. The van der Waals surface area contributed by atoms with Crippen molar-refractivity contribution in [1.29, 1.82) is 0 Å². The standard InChI is InChI=1S/C24H32IN3O4S/c1-17-7-9-19(10-8-17)15-27(18(2)23(30)26-24(3,4)5)22(29)16-28(33(6,31)32)21-13-11-20(25)12-14-21/h7-14,18H,15-16H2,1-6H3,(H,26,30)/t18-/m1/s1. The Hall–Kier alpha value is -2.14. The number of rotatable bonds is 8. The number of benzene rings is 2. The van der Waals surface area contributed by atoms with Crippen LogP contribution in [0.2, 0.25) is 0 Å². The van der Waals surface area contributed by atoms with E-state index in [1.54, 1.807) is 31.2 Å². The maximum absolute atomic E-state index is 13.5. The third-order valence-electron chi connectivity index (χ3n) is 4.93. The molecule has 0 saturated carbocycles. The van der Waals surface area contributed by atoms with Gasteiger partial charge in [0.1, 0.15) is 12.6 Å². The van der Waals surface area contributed by atoms with Gasteiger partial charge in [-0.15, -0.1) is 0 Å². The van der Waals surface area contributed by atoms with E-state index in [0.717, 1.165) is 25.3 Å². The molecule has 1 N–H and O–H groups in total. The molecule has 0 aliphatic rings. The molecule has 0 bridgehead atoms. The minimum Gasteiger partial charge on any atom is -0.350 e. The van der Waals surface area contributed by atoms with Crippen LogP contribution in [0.4, 0.5) is 5.69 Å². The number of halogens is 1. The summed E-state index contributed by atoms with van der Waals surface area (Å²) < 4.78 is 27.1. The first-order valence-corrected chi connectivity index (χ1v) is 13.5. The largest absolute Gasteiger partial charge is 0.350 e. The molecule has 1 atom stereocenters. The van der Waals surface area contributed by atoms with Gasteiger partial charge in [0.15, 0.2) is 0 Å². The summed E-state index contributed by atoms with van der Waals surface area (Å²) in [5, 5.41) is 2.91. The van der Waals surface area contributed by atoms with Gasteiger partial charge < -0.3 is 10.2 Å². The van der Waals surface area contributed by atoms with Crippen molar-refractivity contribution < 1.29 is 18.0 Å². The van der Waals surface area contributed by atoms with Crippen LogP contribution in [0.25, 0.3) is 0 Å². The lowest BCUT2D eigenvalue weighted by molar-refractivity contribution is -0.140. The van der Waals surface area contributed by atoms with Crippen molar-refractivity contribution in [1.82, 2.24) is 10.2 Å². The maximum Gasteiger partial charge on any atom is 0.244 e. The van der Waals surface area contributed by atoms with E-state index in [-0.39, 0.29) is 12.5 Å². The highest BCUT2D eigenvalue weighted by atomic mass is 127. The number of amides is 2. The van der Waals surface area contributed by atoms with Gasteiger partial charge in [0.2, 0.25) is 21.8 Å². The molecular weight excluding hydrogens is 553 g/mol. The maximum atomic E-state index is 13.5. The van der Waals surface area contributed by atoms with Crippen molar-refractivity contribution in [3.05, 3.63) is 63.2 Å². The predicted molar refractivity (Wildman–Crippen MR) is 140 cm³/mol. The van der Waals surface area contributed by atoms with Gasteiger partial charge in [-0.05, 0) is 87.0 Å². The van der Waals surface area contributed by atoms with Gasteiger partial charge >= 0.3 is 0 Å². The predicted octanol–water partition coefficient (Wildman–Crippen LogP) is 3.70. The number of aryl methyl sites for hydroxylation is 1. The average Bonchev–Trinajstić information content (AvgIpc) is 2.69. The minimum atomic E-state index is -3.73. The number of anilines is 1. The van der Waals surface area contributed by atoms with Crippen LogP contribution in [0.3, 0.4) is 0 Å². The van der Waals surface area contributed by atoms with Gasteiger partial charge in [-0.1, -0.05) is 29.8 Å². The van der Waals surface area contributed by atoms with E-state index in [0.29, 0.717) is 5.69 Å². The van der Waals surface area contributed by atoms with Gasteiger partial charge in [0, 0.05) is 15.7 Å². The van der Waals surface area contributed by atoms with Gasteiger partial charge in [-0.25, -0.2) is 8.42 Å². The summed E-state index contributed by atoms with van der Waals surface area (Å²) in [6.07, 6.45) is 1.07. The topological polar surface area (TPSA) is 86.8 Å². The van der Waals surface area contributed by atoms with Gasteiger partial charge in [0.25, 0.3) is 0 Å². The van der Waals surface area contributed by atoms with Gasteiger partial charge in [0.05, 0.1) is 11.9 Å². The number of carbonyl (C=O) groups is 2. The monoisotopic (exact) mass is 585 g/mol. The lowest BCUT2D eigenvalue weighted by atomic mass is 10.1. The molecule has 180 valence electrons. The number of nitrogens with one attached hydrogen (secondary N) is 1. The average molecular weight is 586 g/mol. The van der Waals surface area contributed by atoms with Crippen LogP contribution in [0.5, 0.6) is 0 Å². The SMILES string of the molecule is Cc1ccc(CN(C(=O)CN(c2ccc(I)cc2)S(C)(=O)=O)[C@H](C)C(=O)NC(C)(C)C)cc1. The first-order valence-electron chi connectivity index (χ1n) is 10.6. The normalized spacial score (nSPS) is 12.7. The number of nitrogens with zero attached hydrogens (tertiary/aromatic N) is 2. The Morgan fingerprint density at radius 2 is 1.58 bits per heavy atom. The minimum absolute atomic E-state index is 0.183. The summed E-state index contributed by atoms with van der Waals surface area (Å²) in [5.41, 5.74) is 1.86. The van der Waals surface area contributed by atoms with Crippen molar-refractivity contribution in [3.8, 4) is 0 Å². The van der Waals surface area contributed by atoms with E-state index in [1.807, 2.05) is 52.0 Å². The van der Waals surface area contributed by atoms with Crippen molar-refractivity contribution >= 4 is 50.1 Å². The van der Waals surface area contributed by atoms with Crippen LogP contribution in [0.15, 0.2) is 48.5 Å². The highest BCUT2D eigenvalue weighted by molar-refractivity contribution is 14.1. The molecule has 33 heavy (non-hydrogen) atoms. The Morgan fingerprint density at radius 3 is 2.06 bits per heavy atom. The second-order valence-corrected chi connectivity index (χ2v) is 12.3. The second kappa shape index (κ2) is 10.9. The third kappa shape index (κ3) is 8.29. The zero-order valence-electron chi connectivity index (χ0n) is 19.9. The summed E-state index contributed by atoms with van der Waals surface area (Å²) in [7, 11) is -3.73. The Kier molecular flexibility index (Phi) is 8.92. The summed E-state index contributed by atoms with van der Waals surface area (Å²) in [5.74, 6) is -0.765. The van der Waals surface area contributed by atoms with E-state index in [9.17, 15) is 18.0 Å². The molecule has 0 spiro atoms. The summed E-state index contributed by atoms with van der Waals surface area (Å²) >= 11 is 2.13. The molecule has 0 aliphatic heterocycles. The Balaban J connectivity index is 2.38. The van der Waals surface area contributed by atoms with E-state index < -0.39 is 34.1 Å². The smallest absolute Gasteiger partial charge is 0.244 e. The van der Waals surface area contributed by atoms with Crippen molar-refractivity contribution in [2.24, 2.45) is 0 Å². The van der Waals surface area contributed by atoms with E-state index in [4.69, 9.17) is 0 Å². The molecule has 0 radical (unpaired) electrons. The Bertz CT molecular complexity index is 1080. The van der Waals surface area contributed by atoms with Crippen LogP contribution < -0.4 is 9.62 Å². The number of hydrogen-bond donors (Lipinski definition) is 1. The van der Waals surface area contributed by atoms with Crippen LogP contribution in [0.1, 0.15) is 38.8 Å². The molecule has 0 unspecified atom stereocenters. The van der Waals surface area contributed by atoms with E-state index >= 15 is 0 Å². The molecular formula is C24H32IN3O4S. The Morgan fingerprint density at radius 1 is 1.03 bits per heavy atom. The highest BCUT2D eigenvalue weighted by Crippen LogP contribution is 2.20. The fourth-order valence-corrected chi connectivity index (χ4v) is 4.38. The van der Waals surface area contributed by atoms with Crippen LogP contribution in [-0.4, -0.2) is 49.5 Å². The molecule has 0 aliphatic carbocycles. The van der Waals surface area contributed by atoms with Crippen LogP contribution in [-0.2, 0) is 26.2 Å². The molecule has 9 heteroatoms. The fraction of sp³-hybridized carbons (Fsp3) is 0.417. The molecule has 2 aromatic carbocycles. The molecule has 0 fully saturated rings. The first-order chi connectivity index (χ1) is 15.2. The molecule has 2 rings (SSSR count). The zero-order valence-corrected chi connectivity index (χ0v) is 22.9.